The third kappa shape index (κ3) is 2.86. The molecule has 0 heterocycles. The SMILES string of the molecule is CCOC(=O)CC1=C(C)CCCC1C. The molecule has 0 aromatic heterocycles. The molecule has 2 nitrogen and oxygen atoms in total. The van der Waals surface area contributed by atoms with E-state index in [9.17, 15) is 4.79 Å². The predicted octanol–water partition coefficient (Wildman–Crippen LogP) is 3.08. The second-order valence-corrected chi connectivity index (χ2v) is 4.08. The molecule has 0 bridgehead atoms. The van der Waals surface area contributed by atoms with Crippen molar-refractivity contribution in [2.75, 3.05) is 6.61 Å². The van der Waals surface area contributed by atoms with Gasteiger partial charge in [-0.05, 0) is 39.0 Å². The number of allylic oxidation sites excluding steroid dienone is 1. The molecular formula is C12H20O2. The summed E-state index contributed by atoms with van der Waals surface area (Å²) in [5.74, 6) is 0.490. The van der Waals surface area contributed by atoms with Gasteiger partial charge in [0.05, 0.1) is 13.0 Å². The maximum atomic E-state index is 11.3. The van der Waals surface area contributed by atoms with E-state index in [1.54, 1.807) is 0 Å². The molecule has 14 heavy (non-hydrogen) atoms. The summed E-state index contributed by atoms with van der Waals surface area (Å²) in [6, 6.07) is 0. The van der Waals surface area contributed by atoms with Gasteiger partial charge in [0.1, 0.15) is 0 Å². The second kappa shape index (κ2) is 5.18. The van der Waals surface area contributed by atoms with E-state index in [1.165, 1.54) is 24.0 Å². The van der Waals surface area contributed by atoms with E-state index in [4.69, 9.17) is 4.74 Å². The molecular weight excluding hydrogens is 176 g/mol. The average molecular weight is 196 g/mol. The molecule has 0 saturated carbocycles. The molecule has 0 fully saturated rings. The van der Waals surface area contributed by atoms with Crippen molar-refractivity contribution in [3.63, 3.8) is 0 Å². The summed E-state index contributed by atoms with van der Waals surface area (Å²) in [7, 11) is 0. The van der Waals surface area contributed by atoms with Crippen molar-refractivity contribution in [3.05, 3.63) is 11.1 Å². The van der Waals surface area contributed by atoms with E-state index in [0.717, 1.165) is 6.42 Å². The first-order chi connectivity index (χ1) is 6.65. The van der Waals surface area contributed by atoms with Crippen LogP contribution in [0.5, 0.6) is 0 Å². The van der Waals surface area contributed by atoms with Crippen molar-refractivity contribution in [1.82, 2.24) is 0 Å². The number of hydrogen-bond acceptors (Lipinski definition) is 2. The van der Waals surface area contributed by atoms with Gasteiger partial charge in [0.15, 0.2) is 0 Å². The van der Waals surface area contributed by atoms with Crippen LogP contribution in [0.2, 0.25) is 0 Å². The Morgan fingerprint density at radius 1 is 1.57 bits per heavy atom. The lowest BCUT2D eigenvalue weighted by Gasteiger charge is -2.23. The summed E-state index contributed by atoms with van der Waals surface area (Å²) in [5, 5.41) is 0. The van der Waals surface area contributed by atoms with Gasteiger partial charge < -0.3 is 4.74 Å². The lowest BCUT2D eigenvalue weighted by atomic mass is 9.83. The lowest BCUT2D eigenvalue weighted by molar-refractivity contribution is -0.142. The molecule has 80 valence electrons. The molecule has 0 aliphatic heterocycles. The smallest absolute Gasteiger partial charge is 0.309 e. The first kappa shape index (κ1) is 11.3. The van der Waals surface area contributed by atoms with Crippen LogP contribution in [0, 0.1) is 5.92 Å². The molecule has 0 saturated heterocycles. The minimum atomic E-state index is -0.0735. The van der Waals surface area contributed by atoms with Crippen molar-refractivity contribution in [3.8, 4) is 0 Å². The third-order valence-corrected chi connectivity index (χ3v) is 2.97. The van der Waals surface area contributed by atoms with Crippen LogP contribution in [0.4, 0.5) is 0 Å². The van der Waals surface area contributed by atoms with Crippen LogP contribution in [0.15, 0.2) is 11.1 Å². The highest BCUT2D eigenvalue weighted by molar-refractivity contribution is 5.72. The summed E-state index contributed by atoms with van der Waals surface area (Å²) < 4.78 is 4.97. The van der Waals surface area contributed by atoms with E-state index in [-0.39, 0.29) is 5.97 Å². The number of esters is 1. The summed E-state index contributed by atoms with van der Waals surface area (Å²) in [5.41, 5.74) is 2.71. The van der Waals surface area contributed by atoms with Gasteiger partial charge in [0.25, 0.3) is 0 Å². The highest BCUT2D eigenvalue weighted by Crippen LogP contribution is 2.31. The Morgan fingerprint density at radius 3 is 2.86 bits per heavy atom. The molecule has 1 aliphatic carbocycles. The minimum Gasteiger partial charge on any atom is -0.466 e. The molecule has 0 aromatic rings. The third-order valence-electron chi connectivity index (χ3n) is 2.97. The quantitative estimate of drug-likeness (QED) is 0.512. The maximum Gasteiger partial charge on any atom is 0.309 e. The van der Waals surface area contributed by atoms with Crippen LogP contribution >= 0.6 is 0 Å². The normalized spacial score (nSPS) is 22.4. The molecule has 1 atom stereocenters. The number of rotatable bonds is 3. The van der Waals surface area contributed by atoms with Crippen molar-refractivity contribution in [2.24, 2.45) is 5.92 Å². The highest BCUT2D eigenvalue weighted by Gasteiger charge is 2.19. The largest absolute Gasteiger partial charge is 0.466 e. The number of carbonyl (C=O) groups excluding carboxylic acids is 1. The zero-order valence-corrected chi connectivity index (χ0v) is 9.43. The predicted molar refractivity (Wildman–Crippen MR) is 57.0 cm³/mol. The van der Waals surface area contributed by atoms with E-state index >= 15 is 0 Å². The van der Waals surface area contributed by atoms with Gasteiger partial charge in [-0.2, -0.15) is 0 Å². The van der Waals surface area contributed by atoms with Crippen molar-refractivity contribution < 1.29 is 9.53 Å². The summed E-state index contributed by atoms with van der Waals surface area (Å²) in [6.07, 6.45) is 4.13. The number of carbonyl (C=O) groups is 1. The van der Waals surface area contributed by atoms with Crippen LogP contribution in [-0.2, 0) is 9.53 Å². The van der Waals surface area contributed by atoms with Gasteiger partial charge in [-0.1, -0.05) is 18.1 Å². The molecule has 0 amide bonds. The summed E-state index contributed by atoms with van der Waals surface area (Å²) in [4.78, 5) is 11.3. The summed E-state index contributed by atoms with van der Waals surface area (Å²) in [6.45, 7) is 6.68. The zero-order chi connectivity index (χ0) is 10.6. The van der Waals surface area contributed by atoms with Gasteiger partial charge in [-0.25, -0.2) is 0 Å². The van der Waals surface area contributed by atoms with Crippen LogP contribution in [-0.4, -0.2) is 12.6 Å². The molecule has 1 rings (SSSR count). The fourth-order valence-corrected chi connectivity index (χ4v) is 2.12. The Hall–Kier alpha value is -0.790. The summed E-state index contributed by atoms with van der Waals surface area (Å²) >= 11 is 0. The monoisotopic (exact) mass is 196 g/mol. The topological polar surface area (TPSA) is 26.3 Å². The minimum absolute atomic E-state index is 0.0735. The van der Waals surface area contributed by atoms with Gasteiger partial charge >= 0.3 is 5.97 Å². The molecule has 0 radical (unpaired) electrons. The Balaban J connectivity index is 2.60. The standard InChI is InChI=1S/C12H20O2/c1-4-14-12(13)8-11-9(2)6-5-7-10(11)3/h9H,4-8H2,1-3H3. The first-order valence-corrected chi connectivity index (χ1v) is 5.49. The highest BCUT2D eigenvalue weighted by atomic mass is 16.5. The Labute approximate surface area is 86.3 Å². The van der Waals surface area contributed by atoms with Gasteiger partial charge in [-0.3, -0.25) is 4.79 Å². The van der Waals surface area contributed by atoms with Gasteiger partial charge in [0.2, 0.25) is 0 Å². The Bertz CT molecular complexity index is 241. The lowest BCUT2D eigenvalue weighted by Crippen LogP contribution is -2.14. The van der Waals surface area contributed by atoms with Gasteiger partial charge in [-0.15, -0.1) is 0 Å². The van der Waals surface area contributed by atoms with Crippen molar-refractivity contribution >= 4 is 5.97 Å². The van der Waals surface area contributed by atoms with E-state index in [2.05, 4.69) is 13.8 Å². The van der Waals surface area contributed by atoms with Crippen LogP contribution < -0.4 is 0 Å². The zero-order valence-electron chi connectivity index (χ0n) is 9.43. The van der Waals surface area contributed by atoms with Crippen LogP contribution in [0.25, 0.3) is 0 Å². The molecule has 1 aliphatic rings. The Kier molecular flexibility index (Phi) is 4.18. The van der Waals surface area contributed by atoms with Crippen molar-refractivity contribution in [2.45, 2.75) is 46.5 Å². The van der Waals surface area contributed by atoms with Crippen LogP contribution in [0.3, 0.4) is 0 Å². The fourth-order valence-electron chi connectivity index (χ4n) is 2.12. The molecule has 0 N–H and O–H groups in total. The van der Waals surface area contributed by atoms with E-state index in [1.807, 2.05) is 6.92 Å². The fraction of sp³-hybridized carbons (Fsp3) is 0.750. The Morgan fingerprint density at radius 2 is 2.29 bits per heavy atom. The number of hydrogen-bond donors (Lipinski definition) is 0. The first-order valence-electron chi connectivity index (χ1n) is 5.49. The van der Waals surface area contributed by atoms with Crippen LogP contribution in [0.1, 0.15) is 46.5 Å². The second-order valence-electron chi connectivity index (χ2n) is 4.08. The number of ether oxygens (including phenoxy) is 1. The average Bonchev–Trinajstić information content (AvgIpc) is 2.12. The van der Waals surface area contributed by atoms with Gasteiger partial charge in [0, 0.05) is 0 Å². The molecule has 1 unspecified atom stereocenters. The molecule has 0 spiro atoms. The molecule has 2 heteroatoms. The maximum absolute atomic E-state index is 11.3. The van der Waals surface area contributed by atoms with E-state index in [0.29, 0.717) is 18.9 Å². The van der Waals surface area contributed by atoms with E-state index < -0.39 is 0 Å². The van der Waals surface area contributed by atoms with Crippen molar-refractivity contribution in [1.29, 1.82) is 0 Å². The molecule has 0 aromatic carbocycles.